The molecule has 2 rings (SSSR count). The molecule has 0 aromatic heterocycles. The molecule has 2 unspecified atom stereocenters. The zero-order valence-corrected chi connectivity index (χ0v) is 6.87. The Morgan fingerprint density at radius 1 is 1.09 bits per heavy atom. The third-order valence-electron chi connectivity index (χ3n) is 3.22. The van der Waals surface area contributed by atoms with Gasteiger partial charge in [0.25, 0.3) is 0 Å². The lowest BCUT2D eigenvalue weighted by atomic mass is 10.1. The van der Waals surface area contributed by atoms with E-state index in [1.165, 1.54) is 25.7 Å². The molecule has 1 heteroatoms. The molecule has 0 aromatic carbocycles. The van der Waals surface area contributed by atoms with E-state index < -0.39 is 0 Å². The number of rotatable bonds is 1. The molecule has 0 aliphatic heterocycles. The molecule has 0 heterocycles. The second-order valence-corrected chi connectivity index (χ2v) is 3.80. The van der Waals surface area contributed by atoms with E-state index in [2.05, 4.69) is 12.2 Å². The molecule has 0 bridgehead atoms. The lowest BCUT2D eigenvalue weighted by molar-refractivity contribution is 0.262. The monoisotopic (exact) mass is 152 g/mol. The van der Waals surface area contributed by atoms with E-state index in [1.807, 2.05) is 0 Å². The van der Waals surface area contributed by atoms with Crippen molar-refractivity contribution in [1.82, 2.24) is 0 Å². The molecule has 1 fully saturated rings. The topological polar surface area (TPSA) is 20.2 Å². The summed E-state index contributed by atoms with van der Waals surface area (Å²) in [5, 5.41) is 9.00. The van der Waals surface area contributed by atoms with Gasteiger partial charge in [0.15, 0.2) is 0 Å². The van der Waals surface area contributed by atoms with Gasteiger partial charge in [0.05, 0.1) is 0 Å². The third-order valence-corrected chi connectivity index (χ3v) is 3.22. The molecule has 2 atom stereocenters. The normalized spacial score (nSPS) is 45.4. The van der Waals surface area contributed by atoms with Gasteiger partial charge < -0.3 is 5.11 Å². The molecule has 0 spiro atoms. The van der Waals surface area contributed by atoms with Crippen LogP contribution in [0, 0.1) is 17.8 Å². The molecular formula is C10H16O. The van der Waals surface area contributed by atoms with Crippen molar-refractivity contribution in [3.63, 3.8) is 0 Å². The summed E-state index contributed by atoms with van der Waals surface area (Å²) in [5.74, 6) is 2.39. The molecule has 1 N–H and O–H groups in total. The van der Waals surface area contributed by atoms with Crippen LogP contribution in [0.5, 0.6) is 0 Å². The predicted octanol–water partition coefficient (Wildman–Crippen LogP) is 1.97. The minimum Gasteiger partial charge on any atom is -0.396 e. The number of hydrogen-bond acceptors (Lipinski definition) is 1. The van der Waals surface area contributed by atoms with Crippen LogP contribution in [0.4, 0.5) is 0 Å². The average molecular weight is 152 g/mol. The molecule has 0 saturated heterocycles. The fraction of sp³-hybridized carbons (Fsp3) is 0.800. The van der Waals surface area contributed by atoms with E-state index in [0.717, 1.165) is 11.8 Å². The van der Waals surface area contributed by atoms with Crippen LogP contribution < -0.4 is 0 Å². The van der Waals surface area contributed by atoms with E-state index in [1.54, 1.807) is 0 Å². The highest BCUT2D eigenvalue weighted by molar-refractivity contribution is 5.00. The first kappa shape index (κ1) is 7.35. The summed E-state index contributed by atoms with van der Waals surface area (Å²) < 4.78 is 0. The molecule has 1 saturated carbocycles. The van der Waals surface area contributed by atoms with Crippen LogP contribution in [-0.4, -0.2) is 11.7 Å². The summed E-state index contributed by atoms with van der Waals surface area (Å²) in [6.07, 6.45) is 9.68. The second kappa shape index (κ2) is 2.98. The van der Waals surface area contributed by atoms with Crippen LogP contribution >= 0.6 is 0 Å². The van der Waals surface area contributed by atoms with Gasteiger partial charge in [0.2, 0.25) is 0 Å². The Morgan fingerprint density at radius 3 is 2.09 bits per heavy atom. The van der Waals surface area contributed by atoms with E-state index in [4.69, 9.17) is 5.11 Å². The molecule has 1 nitrogen and oxygen atoms in total. The van der Waals surface area contributed by atoms with Crippen LogP contribution in [-0.2, 0) is 0 Å². The highest BCUT2D eigenvalue weighted by atomic mass is 16.3. The molecule has 2 aliphatic rings. The highest BCUT2D eigenvalue weighted by Gasteiger charge is 2.47. The van der Waals surface area contributed by atoms with Crippen molar-refractivity contribution < 1.29 is 5.11 Å². The molecular weight excluding hydrogens is 136 g/mol. The Bertz CT molecular complexity index is 146. The van der Waals surface area contributed by atoms with Gasteiger partial charge in [-0.2, -0.15) is 0 Å². The molecule has 11 heavy (non-hydrogen) atoms. The molecule has 62 valence electrons. The largest absolute Gasteiger partial charge is 0.396 e. The minimum absolute atomic E-state index is 0.426. The van der Waals surface area contributed by atoms with Gasteiger partial charge >= 0.3 is 0 Å². The van der Waals surface area contributed by atoms with Crippen LogP contribution in [0.25, 0.3) is 0 Å². The molecule has 0 radical (unpaired) electrons. The van der Waals surface area contributed by atoms with Gasteiger partial charge in [0.1, 0.15) is 0 Å². The van der Waals surface area contributed by atoms with Crippen LogP contribution in [0.15, 0.2) is 12.2 Å². The Hall–Kier alpha value is -0.300. The van der Waals surface area contributed by atoms with Crippen molar-refractivity contribution in [2.75, 3.05) is 6.61 Å². The van der Waals surface area contributed by atoms with Gasteiger partial charge in [-0.25, -0.2) is 0 Å². The van der Waals surface area contributed by atoms with Gasteiger partial charge in [0, 0.05) is 6.61 Å². The summed E-state index contributed by atoms with van der Waals surface area (Å²) in [7, 11) is 0. The fourth-order valence-electron chi connectivity index (χ4n) is 2.46. The Balaban J connectivity index is 1.91. The Morgan fingerprint density at radius 2 is 1.64 bits per heavy atom. The summed E-state index contributed by atoms with van der Waals surface area (Å²) in [4.78, 5) is 0. The SMILES string of the molecule is OCC1C2CC/C=C\CCC12. The van der Waals surface area contributed by atoms with E-state index in [9.17, 15) is 0 Å². The average Bonchev–Trinajstić information content (AvgIpc) is 2.60. The predicted molar refractivity (Wildman–Crippen MR) is 45.2 cm³/mol. The maximum atomic E-state index is 9.00. The van der Waals surface area contributed by atoms with Crippen LogP contribution in [0.3, 0.4) is 0 Å². The summed E-state index contributed by atoms with van der Waals surface area (Å²) in [6, 6.07) is 0. The lowest BCUT2D eigenvalue weighted by Crippen LogP contribution is -1.88. The van der Waals surface area contributed by atoms with Gasteiger partial charge in [-0.1, -0.05) is 12.2 Å². The van der Waals surface area contributed by atoms with Crippen molar-refractivity contribution >= 4 is 0 Å². The number of aliphatic hydroxyl groups is 1. The Kier molecular flexibility index (Phi) is 1.99. The van der Waals surface area contributed by atoms with E-state index in [-0.39, 0.29) is 0 Å². The molecule has 0 aromatic rings. The summed E-state index contributed by atoms with van der Waals surface area (Å²) >= 11 is 0. The van der Waals surface area contributed by atoms with Gasteiger partial charge in [-0.3, -0.25) is 0 Å². The van der Waals surface area contributed by atoms with E-state index >= 15 is 0 Å². The maximum absolute atomic E-state index is 9.00. The molecule has 0 amide bonds. The number of aliphatic hydroxyl groups excluding tert-OH is 1. The summed E-state index contributed by atoms with van der Waals surface area (Å²) in [5.41, 5.74) is 0. The van der Waals surface area contributed by atoms with Crippen molar-refractivity contribution in [2.24, 2.45) is 17.8 Å². The van der Waals surface area contributed by atoms with Crippen LogP contribution in [0.1, 0.15) is 25.7 Å². The quantitative estimate of drug-likeness (QED) is 0.569. The standard InChI is InChI=1S/C10H16O/c11-7-10-8-5-3-1-2-4-6-9(8)10/h1-2,8-11H,3-7H2/b2-1-. The van der Waals surface area contributed by atoms with Crippen molar-refractivity contribution in [2.45, 2.75) is 25.7 Å². The molecule has 2 aliphatic carbocycles. The first-order valence-electron chi connectivity index (χ1n) is 4.69. The smallest absolute Gasteiger partial charge is 0.0464 e. The summed E-state index contributed by atoms with van der Waals surface area (Å²) in [6.45, 7) is 0.426. The zero-order valence-electron chi connectivity index (χ0n) is 6.87. The maximum Gasteiger partial charge on any atom is 0.0464 e. The third kappa shape index (κ3) is 1.34. The number of hydrogen-bond donors (Lipinski definition) is 1. The van der Waals surface area contributed by atoms with Crippen molar-refractivity contribution in [3.8, 4) is 0 Å². The number of allylic oxidation sites excluding steroid dienone is 2. The lowest BCUT2D eigenvalue weighted by Gasteiger charge is -1.99. The minimum atomic E-state index is 0.426. The second-order valence-electron chi connectivity index (χ2n) is 3.80. The van der Waals surface area contributed by atoms with Gasteiger partial charge in [-0.05, 0) is 43.4 Å². The first-order valence-corrected chi connectivity index (χ1v) is 4.69. The van der Waals surface area contributed by atoms with Crippen LogP contribution in [0.2, 0.25) is 0 Å². The van der Waals surface area contributed by atoms with E-state index in [0.29, 0.717) is 12.5 Å². The van der Waals surface area contributed by atoms with Gasteiger partial charge in [-0.15, -0.1) is 0 Å². The van der Waals surface area contributed by atoms with Crippen molar-refractivity contribution in [1.29, 1.82) is 0 Å². The zero-order chi connectivity index (χ0) is 7.68. The fourth-order valence-corrected chi connectivity index (χ4v) is 2.46. The Labute approximate surface area is 68.1 Å². The first-order chi connectivity index (χ1) is 5.43. The highest BCUT2D eigenvalue weighted by Crippen LogP contribution is 2.52. The van der Waals surface area contributed by atoms with Crippen molar-refractivity contribution in [3.05, 3.63) is 12.2 Å². The number of fused-ring (bicyclic) bond motifs is 1.